The second-order valence-electron chi connectivity index (χ2n) is 15.4. The van der Waals surface area contributed by atoms with Gasteiger partial charge < -0.3 is 34.6 Å². The van der Waals surface area contributed by atoms with Crippen LogP contribution in [0.2, 0.25) is 0 Å². The van der Waals surface area contributed by atoms with E-state index in [1.165, 1.54) is 0 Å². The smallest absolute Gasteiger partial charge is 0.334 e. The SMILES string of the molecule is C=C1CC(CC)CC(C)C1(NC(=O)c1cc(-c2c(OC)cccc2OC)n(-c2ccc(C(=O)N(C)CCCN(C)CCCN(C)C=O)cc2C(C)C)n1)C(=O)O. The molecule has 1 heterocycles. The van der Waals surface area contributed by atoms with E-state index in [2.05, 4.69) is 23.7 Å². The molecule has 0 spiro atoms. The van der Waals surface area contributed by atoms with Gasteiger partial charge in [-0.1, -0.05) is 46.8 Å². The number of aromatic nitrogens is 2. The lowest BCUT2D eigenvalue weighted by atomic mass is 9.66. The van der Waals surface area contributed by atoms with Gasteiger partial charge in [0.25, 0.3) is 11.8 Å². The highest BCUT2D eigenvalue weighted by atomic mass is 16.5. The van der Waals surface area contributed by atoms with Gasteiger partial charge in [0.15, 0.2) is 11.2 Å². The van der Waals surface area contributed by atoms with Crippen LogP contribution < -0.4 is 14.8 Å². The molecule has 0 saturated heterocycles. The number of amides is 3. The van der Waals surface area contributed by atoms with Gasteiger partial charge in [0.2, 0.25) is 6.41 Å². The highest BCUT2D eigenvalue weighted by Gasteiger charge is 2.51. The summed E-state index contributed by atoms with van der Waals surface area (Å²) >= 11 is 0. The number of hydrogen-bond donors (Lipinski definition) is 2. The first-order valence-corrected chi connectivity index (χ1v) is 19.4. The van der Waals surface area contributed by atoms with E-state index in [9.17, 15) is 24.3 Å². The van der Waals surface area contributed by atoms with Gasteiger partial charge in [-0.3, -0.25) is 14.4 Å². The molecule has 4 rings (SSSR count). The van der Waals surface area contributed by atoms with Gasteiger partial charge in [0, 0.05) is 32.7 Å². The number of carbonyl (C=O) groups excluding carboxylic acids is 3. The second kappa shape index (κ2) is 19.1. The average Bonchev–Trinajstić information content (AvgIpc) is 3.62. The summed E-state index contributed by atoms with van der Waals surface area (Å²) in [5.41, 5.74) is 1.81. The van der Waals surface area contributed by atoms with Crippen molar-refractivity contribution in [2.45, 2.75) is 71.3 Å². The predicted octanol–water partition coefficient (Wildman–Crippen LogP) is 6.12. The minimum Gasteiger partial charge on any atom is -0.496 e. The van der Waals surface area contributed by atoms with Crippen LogP contribution in [0.4, 0.5) is 0 Å². The number of nitrogens with one attached hydrogen (secondary N) is 1. The molecule has 2 N–H and O–H groups in total. The molecule has 0 radical (unpaired) electrons. The summed E-state index contributed by atoms with van der Waals surface area (Å²) < 4.78 is 13.2. The lowest BCUT2D eigenvalue weighted by molar-refractivity contribution is -0.146. The molecule has 1 aromatic heterocycles. The van der Waals surface area contributed by atoms with Crippen molar-refractivity contribution >= 4 is 24.2 Å². The molecule has 3 atom stereocenters. The van der Waals surface area contributed by atoms with Crippen molar-refractivity contribution in [3.8, 4) is 28.4 Å². The number of rotatable bonds is 19. The number of carboxylic acid groups (broad SMARTS) is 1. The molecule has 3 amide bonds. The quantitative estimate of drug-likeness (QED) is 0.109. The molecule has 3 unspecified atom stereocenters. The molecule has 0 aliphatic heterocycles. The molecule has 304 valence electrons. The Labute approximate surface area is 331 Å². The van der Waals surface area contributed by atoms with Crippen LogP contribution in [0.5, 0.6) is 11.5 Å². The van der Waals surface area contributed by atoms with Crippen molar-refractivity contribution in [1.29, 1.82) is 0 Å². The van der Waals surface area contributed by atoms with E-state index < -0.39 is 23.3 Å². The lowest BCUT2D eigenvalue weighted by Gasteiger charge is -2.44. The van der Waals surface area contributed by atoms with Crippen molar-refractivity contribution in [2.75, 3.05) is 61.5 Å². The summed E-state index contributed by atoms with van der Waals surface area (Å²) in [6.45, 7) is 15.0. The Balaban J connectivity index is 1.72. The summed E-state index contributed by atoms with van der Waals surface area (Å²) in [5.74, 6) is -1.12. The fraction of sp³-hybridized carbons (Fsp3) is 0.512. The molecule has 2 aromatic carbocycles. The summed E-state index contributed by atoms with van der Waals surface area (Å²) in [6.07, 6.45) is 4.51. The minimum absolute atomic E-state index is 0.00141. The molecular weight excluding hydrogens is 713 g/mol. The van der Waals surface area contributed by atoms with Crippen LogP contribution in [-0.4, -0.2) is 121 Å². The van der Waals surface area contributed by atoms with E-state index in [4.69, 9.17) is 14.6 Å². The number of methoxy groups -OCH3 is 2. The maximum absolute atomic E-state index is 14.2. The van der Waals surface area contributed by atoms with Gasteiger partial charge in [-0.05, 0) is 111 Å². The molecule has 0 bridgehead atoms. The molecule has 1 saturated carbocycles. The van der Waals surface area contributed by atoms with Gasteiger partial charge in [-0.25, -0.2) is 9.48 Å². The van der Waals surface area contributed by atoms with Crippen molar-refractivity contribution < 1.29 is 33.8 Å². The van der Waals surface area contributed by atoms with E-state index in [1.54, 1.807) is 73.1 Å². The molecule has 1 aliphatic carbocycles. The fourth-order valence-corrected chi connectivity index (χ4v) is 7.75. The Bertz CT molecular complexity index is 1870. The zero-order valence-corrected chi connectivity index (χ0v) is 34.6. The maximum atomic E-state index is 14.2. The maximum Gasteiger partial charge on any atom is 0.334 e. The second-order valence-corrected chi connectivity index (χ2v) is 15.4. The van der Waals surface area contributed by atoms with Crippen molar-refractivity contribution in [2.24, 2.45) is 11.8 Å². The number of hydrogen-bond acceptors (Lipinski definition) is 8. The summed E-state index contributed by atoms with van der Waals surface area (Å²) in [5, 5.41) is 18.3. The molecule has 1 fully saturated rings. The predicted molar refractivity (Wildman–Crippen MR) is 218 cm³/mol. The summed E-state index contributed by atoms with van der Waals surface area (Å²) in [7, 11) is 8.69. The monoisotopic (exact) mass is 772 g/mol. The third kappa shape index (κ3) is 9.43. The average molecular weight is 773 g/mol. The summed E-state index contributed by atoms with van der Waals surface area (Å²) in [4.78, 5) is 57.4. The van der Waals surface area contributed by atoms with Gasteiger partial charge in [-0.2, -0.15) is 5.10 Å². The number of nitrogens with zero attached hydrogens (tertiary/aromatic N) is 5. The van der Waals surface area contributed by atoms with Crippen LogP contribution in [0.1, 0.15) is 92.1 Å². The van der Waals surface area contributed by atoms with Gasteiger partial charge >= 0.3 is 5.97 Å². The van der Waals surface area contributed by atoms with Gasteiger partial charge in [-0.15, -0.1) is 0 Å². The molecule has 13 heteroatoms. The van der Waals surface area contributed by atoms with Crippen LogP contribution in [0.15, 0.2) is 54.6 Å². The van der Waals surface area contributed by atoms with E-state index in [0.29, 0.717) is 65.5 Å². The lowest BCUT2D eigenvalue weighted by Crippen LogP contribution is -2.62. The van der Waals surface area contributed by atoms with Crippen molar-refractivity contribution in [3.63, 3.8) is 0 Å². The zero-order valence-electron chi connectivity index (χ0n) is 34.6. The van der Waals surface area contributed by atoms with E-state index in [0.717, 1.165) is 44.3 Å². The van der Waals surface area contributed by atoms with E-state index >= 15 is 0 Å². The summed E-state index contributed by atoms with van der Waals surface area (Å²) in [6, 6.07) is 12.5. The van der Waals surface area contributed by atoms with Crippen LogP contribution in [0, 0.1) is 11.8 Å². The molecule has 3 aromatic rings. The third-order valence-electron chi connectivity index (χ3n) is 11.1. The Morgan fingerprint density at radius 1 is 1.04 bits per heavy atom. The van der Waals surface area contributed by atoms with Crippen molar-refractivity contribution in [1.82, 2.24) is 29.8 Å². The van der Waals surface area contributed by atoms with Crippen LogP contribution in [0.25, 0.3) is 16.9 Å². The molecular formula is C43H60N6O7. The van der Waals surface area contributed by atoms with Gasteiger partial charge in [0.05, 0.1) is 31.2 Å². The first-order valence-electron chi connectivity index (χ1n) is 19.4. The highest BCUT2D eigenvalue weighted by molar-refractivity contribution is 5.99. The number of ether oxygens (including phenoxy) is 2. The molecule has 13 nitrogen and oxygen atoms in total. The largest absolute Gasteiger partial charge is 0.496 e. The number of carbonyl (C=O) groups is 4. The number of benzene rings is 2. The number of aliphatic carboxylic acids is 1. The van der Waals surface area contributed by atoms with Gasteiger partial charge in [0.1, 0.15) is 11.5 Å². The molecule has 56 heavy (non-hydrogen) atoms. The number of carboxylic acids is 1. The Morgan fingerprint density at radius 2 is 1.68 bits per heavy atom. The van der Waals surface area contributed by atoms with Crippen LogP contribution in [0.3, 0.4) is 0 Å². The Kier molecular flexibility index (Phi) is 14.9. The Hall–Kier alpha value is -5.17. The molecule has 1 aliphatic rings. The van der Waals surface area contributed by atoms with Crippen molar-refractivity contribution in [3.05, 3.63) is 71.4 Å². The zero-order chi connectivity index (χ0) is 41.3. The first-order chi connectivity index (χ1) is 26.6. The topological polar surface area (TPSA) is 147 Å². The third-order valence-corrected chi connectivity index (χ3v) is 11.1. The Morgan fingerprint density at radius 3 is 2.23 bits per heavy atom. The first kappa shape index (κ1) is 43.6. The highest BCUT2D eigenvalue weighted by Crippen LogP contribution is 2.43. The fourth-order valence-electron chi connectivity index (χ4n) is 7.75. The standard InChI is InChI=1S/C43H60N6O7/c1-11-31-23-29(4)43(42(53)54,30(5)24-31)44-40(51)34-26-36(39-37(55-9)15-12-16-38(39)56-10)49(45-34)35-18-17-32(25-33(35)28(2)3)41(52)48(8)22-14-20-46(6)19-13-21-47(7)27-50/h12,15-18,25-28,30-31H,4,11,13-14,19-24H2,1-3,5-10H3,(H,44,51)(H,53,54). The van der Waals surface area contributed by atoms with E-state index in [1.807, 2.05) is 40.0 Å². The van der Waals surface area contributed by atoms with Crippen LogP contribution >= 0.6 is 0 Å². The van der Waals surface area contributed by atoms with Crippen LogP contribution in [-0.2, 0) is 9.59 Å². The van der Waals surface area contributed by atoms with E-state index in [-0.39, 0.29) is 23.4 Å². The minimum atomic E-state index is -1.66. The normalized spacial score (nSPS) is 18.2.